The molecule has 1 unspecified atom stereocenters. The summed E-state index contributed by atoms with van der Waals surface area (Å²) in [5.41, 5.74) is 7.12. The molecule has 0 aliphatic carbocycles. The summed E-state index contributed by atoms with van der Waals surface area (Å²) in [6.45, 7) is 2.01. The van der Waals surface area contributed by atoms with Crippen molar-refractivity contribution in [1.82, 2.24) is 14.8 Å². The maximum absolute atomic E-state index is 5.88. The van der Waals surface area contributed by atoms with Crippen LogP contribution in [0.1, 0.15) is 12.5 Å². The largest absolute Gasteiger partial charge is 0.328 e. The van der Waals surface area contributed by atoms with E-state index in [2.05, 4.69) is 38.1 Å². The maximum atomic E-state index is 5.88. The number of hydrogen-bond acceptors (Lipinski definition) is 4. The van der Waals surface area contributed by atoms with E-state index < -0.39 is 0 Å². The number of benzene rings is 1. The highest BCUT2D eigenvalue weighted by molar-refractivity contribution is 9.10. The molecule has 0 radical (unpaired) electrons. The first-order valence-electron chi connectivity index (χ1n) is 5.62. The molecular formula is C12H15BrN4S. The second-order valence-corrected chi connectivity index (χ2v) is 6.13. The summed E-state index contributed by atoms with van der Waals surface area (Å²) < 4.78 is 2.82. The van der Waals surface area contributed by atoms with Crippen molar-refractivity contribution < 1.29 is 0 Å². The van der Waals surface area contributed by atoms with Crippen molar-refractivity contribution in [3.05, 3.63) is 34.6 Å². The highest BCUT2D eigenvalue weighted by Crippen LogP contribution is 2.31. The Kier molecular flexibility index (Phi) is 4.42. The van der Waals surface area contributed by atoms with E-state index >= 15 is 0 Å². The van der Waals surface area contributed by atoms with Crippen LogP contribution in [0.3, 0.4) is 0 Å². The average Bonchev–Trinajstić information content (AvgIpc) is 2.68. The predicted molar refractivity (Wildman–Crippen MR) is 76.6 cm³/mol. The predicted octanol–water partition coefficient (Wildman–Crippen LogP) is 2.62. The third-order valence-electron chi connectivity index (χ3n) is 2.44. The van der Waals surface area contributed by atoms with Crippen LogP contribution in [0.15, 0.2) is 39.1 Å². The van der Waals surface area contributed by atoms with Gasteiger partial charge in [-0.2, -0.15) is 5.10 Å². The SMILES string of the molecule is CC(N)Cc1ccc(Br)cc1Sc1ncnn1C. The first-order chi connectivity index (χ1) is 8.56. The molecule has 0 saturated carbocycles. The first-order valence-corrected chi connectivity index (χ1v) is 7.23. The summed E-state index contributed by atoms with van der Waals surface area (Å²) in [6.07, 6.45) is 2.42. The van der Waals surface area contributed by atoms with Crippen molar-refractivity contribution in [3.8, 4) is 0 Å². The lowest BCUT2D eigenvalue weighted by atomic mass is 10.1. The van der Waals surface area contributed by atoms with Gasteiger partial charge in [-0.15, -0.1) is 0 Å². The van der Waals surface area contributed by atoms with Gasteiger partial charge in [0.15, 0.2) is 5.16 Å². The molecule has 0 bridgehead atoms. The highest BCUT2D eigenvalue weighted by atomic mass is 79.9. The summed E-state index contributed by atoms with van der Waals surface area (Å²) in [4.78, 5) is 5.39. The van der Waals surface area contributed by atoms with Crippen LogP contribution in [0.5, 0.6) is 0 Å². The fourth-order valence-electron chi connectivity index (χ4n) is 1.62. The average molecular weight is 327 g/mol. The third kappa shape index (κ3) is 3.34. The van der Waals surface area contributed by atoms with Crippen molar-refractivity contribution in [2.24, 2.45) is 12.8 Å². The number of aryl methyl sites for hydroxylation is 1. The maximum Gasteiger partial charge on any atom is 0.190 e. The zero-order valence-electron chi connectivity index (χ0n) is 10.3. The van der Waals surface area contributed by atoms with Crippen LogP contribution >= 0.6 is 27.7 Å². The van der Waals surface area contributed by atoms with E-state index in [1.54, 1.807) is 22.8 Å². The van der Waals surface area contributed by atoms with Gasteiger partial charge in [0.05, 0.1) is 0 Å². The van der Waals surface area contributed by atoms with Crippen molar-refractivity contribution >= 4 is 27.7 Å². The Morgan fingerprint density at radius 1 is 1.50 bits per heavy atom. The number of aromatic nitrogens is 3. The number of rotatable bonds is 4. The van der Waals surface area contributed by atoms with Gasteiger partial charge in [-0.1, -0.05) is 22.0 Å². The zero-order valence-corrected chi connectivity index (χ0v) is 12.7. The topological polar surface area (TPSA) is 56.7 Å². The van der Waals surface area contributed by atoms with Gasteiger partial charge in [0, 0.05) is 22.5 Å². The molecule has 0 aliphatic heterocycles. The van der Waals surface area contributed by atoms with Crippen molar-refractivity contribution in [2.75, 3.05) is 0 Å². The van der Waals surface area contributed by atoms with E-state index in [4.69, 9.17) is 5.73 Å². The molecule has 1 heterocycles. The number of hydrogen-bond donors (Lipinski definition) is 1. The minimum Gasteiger partial charge on any atom is -0.328 e. The van der Waals surface area contributed by atoms with Gasteiger partial charge in [-0.05, 0) is 42.8 Å². The molecule has 96 valence electrons. The van der Waals surface area contributed by atoms with Crippen LogP contribution in [0.25, 0.3) is 0 Å². The molecule has 4 nitrogen and oxygen atoms in total. The molecule has 0 amide bonds. The standard InChI is InChI=1S/C12H15BrN4S/c1-8(14)5-9-3-4-10(13)6-11(9)18-12-15-7-16-17(12)2/h3-4,6-8H,5,14H2,1-2H3. The van der Waals surface area contributed by atoms with Gasteiger partial charge in [0.25, 0.3) is 0 Å². The molecule has 0 aliphatic rings. The molecule has 1 aromatic carbocycles. The lowest BCUT2D eigenvalue weighted by Gasteiger charge is -2.11. The number of nitrogens with zero attached hydrogens (tertiary/aromatic N) is 3. The summed E-state index contributed by atoms with van der Waals surface area (Å²) in [5, 5.41) is 4.95. The Morgan fingerprint density at radius 3 is 2.89 bits per heavy atom. The Labute approximate surface area is 119 Å². The number of halogens is 1. The van der Waals surface area contributed by atoms with E-state index in [-0.39, 0.29) is 6.04 Å². The quantitative estimate of drug-likeness (QED) is 0.938. The Bertz CT molecular complexity index is 539. The number of nitrogens with two attached hydrogens (primary N) is 1. The summed E-state index contributed by atoms with van der Waals surface area (Å²) in [7, 11) is 1.89. The second-order valence-electron chi connectivity index (χ2n) is 4.20. The normalized spacial score (nSPS) is 12.7. The minimum absolute atomic E-state index is 0.144. The molecule has 0 spiro atoms. The zero-order chi connectivity index (χ0) is 13.1. The van der Waals surface area contributed by atoms with E-state index in [9.17, 15) is 0 Å². The molecule has 2 aromatic rings. The molecule has 18 heavy (non-hydrogen) atoms. The van der Waals surface area contributed by atoms with Crippen LogP contribution in [0.2, 0.25) is 0 Å². The van der Waals surface area contributed by atoms with Crippen LogP contribution in [0, 0.1) is 0 Å². The Balaban J connectivity index is 2.30. The van der Waals surface area contributed by atoms with Crippen molar-refractivity contribution in [2.45, 2.75) is 29.4 Å². The van der Waals surface area contributed by atoms with Gasteiger partial charge >= 0.3 is 0 Å². The molecule has 6 heteroatoms. The third-order valence-corrected chi connectivity index (χ3v) is 4.09. The summed E-state index contributed by atoms with van der Waals surface area (Å²) in [5.74, 6) is 0. The lowest BCUT2D eigenvalue weighted by Crippen LogP contribution is -2.18. The molecule has 2 rings (SSSR count). The Morgan fingerprint density at radius 2 is 2.28 bits per heavy atom. The van der Waals surface area contributed by atoms with Crippen molar-refractivity contribution in [1.29, 1.82) is 0 Å². The van der Waals surface area contributed by atoms with Gasteiger partial charge in [0.1, 0.15) is 6.33 Å². The van der Waals surface area contributed by atoms with Gasteiger partial charge in [-0.3, -0.25) is 0 Å². The minimum atomic E-state index is 0.144. The van der Waals surface area contributed by atoms with E-state index in [0.717, 1.165) is 20.9 Å². The molecule has 0 fully saturated rings. The second kappa shape index (κ2) is 5.86. The molecule has 2 N–H and O–H groups in total. The molecule has 1 atom stereocenters. The van der Waals surface area contributed by atoms with E-state index in [1.807, 2.05) is 20.0 Å². The first kappa shape index (κ1) is 13.6. The smallest absolute Gasteiger partial charge is 0.190 e. The van der Waals surface area contributed by atoms with Crippen molar-refractivity contribution in [3.63, 3.8) is 0 Å². The van der Waals surface area contributed by atoms with E-state index in [1.165, 1.54) is 5.56 Å². The van der Waals surface area contributed by atoms with Crippen LogP contribution in [-0.2, 0) is 13.5 Å². The fourth-order valence-corrected chi connectivity index (χ4v) is 3.07. The van der Waals surface area contributed by atoms with Gasteiger partial charge < -0.3 is 5.73 Å². The molecule has 0 saturated heterocycles. The van der Waals surface area contributed by atoms with Gasteiger partial charge in [-0.25, -0.2) is 9.67 Å². The molecular weight excluding hydrogens is 312 g/mol. The summed E-state index contributed by atoms with van der Waals surface area (Å²) in [6, 6.07) is 6.38. The monoisotopic (exact) mass is 326 g/mol. The fraction of sp³-hybridized carbons (Fsp3) is 0.333. The van der Waals surface area contributed by atoms with Crippen LogP contribution in [0.4, 0.5) is 0 Å². The van der Waals surface area contributed by atoms with Gasteiger partial charge in [0.2, 0.25) is 0 Å². The van der Waals surface area contributed by atoms with Crippen LogP contribution in [-0.4, -0.2) is 20.8 Å². The highest BCUT2D eigenvalue weighted by Gasteiger charge is 2.10. The van der Waals surface area contributed by atoms with E-state index in [0.29, 0.717) is 0 Å². The lowest BCUT2D eigenvalue weighted by molar-refractivity contribution is 0.684. The Hall–Kier alpha value is -0.850. The molecule has 1 aromatic heterocycles. The summed E-state index contributed by atoms with van der Waals surface area (Å²) >= 11 is 5.11. The van der Waals surface area contributed by atoms with Crippen LogP contribution < -0.4 is 5.73 Å².